The number of ether oxygens (including phenoxy) is 1. The summed E-state index contributed by atoms with van der Waals surface area (Å²) < 4.78 is 10.8. The molecule has 0 bridgehead atoms. The van der Waals surface area contributed by atoms with Gasteiger partial charge in [-0.2, -0.15) is 4.98 Å². The molecular weight excluding hydrogens is 392 g/mol. The Morgan fingerprint density at radius 2 is 2.03 bits per heavy atom. The number of aliphatic imine (C=N–C) groups is 1. The van der Waals surface area contributed by atoms with E-state index in [1.54, 1.807) is 0 Å². The summed E-state index contributed by atoms with van der Waals surface area (Å²) in [6.07, 6.45) is 1.80. The van der Waals surface area contributed by atoms with Crippen LogP contribution < -0.4 is 5.32 Å². The molecule has 0 aliphatic carbocycles. The molecular formula is C20H27ClN6O2. The molecule has 0 radical (unpaired) electrons. The fraction of sp³-hybridized carbons (Fsp3) is 0.550. The van der Waals surface area contributed by atoms with Gasteiger partial charge in [0.05, 0.1) is 13.2 Å². The zero-order valence-corrected chi connectivity index (χ0v) is 17.4. The first-order valence-electron chi connectivity index (χ1n) is 10.1. The molecule has 0 saturated carbocycles. The van der Waals surface area contributed by atoms with Crippen LogP contribution in [0.25, 0.3) is 11.4 Å². The van der Waals surface area contributed by atoms with E-state index in [1.165, 1.54) is 0 Å². The van der Waals surface area contributed by atoms with Gasteiger partial charge in [0, 0.05) is 62.8 Å². The summed E-state index contributed by atoms with van der Waals surface area (Å²) in [4.78, 5) is 13.8. The van der Waals surface area contributed by atoms with Gasteiger partial charge in [0.1, 0.15) is 0 Å². The van der Waals surface area contributed by atoms with Crippen LogP contribution >= 0.6 is 11.6 Å². The van der Waals surface area contributed by atoms with E-state index in [4.69, 9.17) is 20.9 Å². The Bertz CT molecular complexity index is 819. The summed E-state index contributed by atoms with van der Waals surface area (Å²) in [5.41, 5.74) is 0.888. The summed E-state index contributed by atoms with van der Waals surface area (Å²) in [7, 11) is 1.83. The molecule has 2 fully saturated rings. The van der Waals surface area contributed by atoms with Gasteiger partial charge in [0.25, 0.3) is 0 Å². The van der Waals surface area contributed by atoms with Gasteiger partial charge < -0.3 is 19.5 Å². The Labute approximate surface area is 175 Å². The third-order valence-electron chi connectivity index (χ3n) is 5.43. The molecule has 3 heterocycles. The number of nitrogens with one attached hydrogen (secondary N) is 1. The zero-order chi connectivity index (χ0) is 20.1. The van der Waals surface area contributed by atoms with Gasteiger partial charge in [-0.15, -0.1) is 0 Å². The number of benzene rings is 1. The predicted octanol–water partition coefficient (Wildman–Crippen LogP) is 1.91. The molecule has 2 aromatic rings. The van der Waals surface area contributed by atoms with E-state index >= 15 is 0 Å². The highest BCUT2D eigenvalue weighted by atomic mass is 35.5. The molecule has 0 spiro atoms. The zero-order valence-electron chi connectivity index (χ0n) is 16.7. The molecule has 29 heavy (non-hydrogen) atoms. The standard InChI is InChI=1S/C20H27ClN6O2/c1-22-20(27-9-7-17(14-27)26-10-12-28-13-11-26)23-8-6-18-24-19(25-29-18)15-2-4-16(21)5-3-15/h2-5,17H,6-14H2,1H3,(H,22,23). The Hall–Kier alpha value is -2.16. The Balaban J connectivity index is 1.26. The minimum absolute atomic E-state index is 0.578. The maximum atomic E-state index is 5.93. The van der Waals surface area contributed by atoms with Crippen molar-refractivity contribution in [3.8, 4) is 11.4 Å². The average Bonchev–Trinajstić information content (AvgIpc) is 3.43. The van der Waals surface area contributed by atoms with Crippen molar-refractivity contribution >= 4 is 17.6 Å². The number of nitrogens with zero attached hydrogens (tertiary/aromatic N) is 5. The monoisotopic (exact) mass is 418 g/mol. The van der Waals surface area contributed by atoms with Crippen LogP contribution in [0.15, 0.2) is 33.8 Å². The van der Waals surface area contributed by atoms with Crippen LogP contribution in [0.4, 0.5) is 0 Å². The van der Waals surface area contributed by atoms with Crippen molar-refractivity contribution in [3.05, 3.63) is 35.2 Å². The first-order chi connectivity index (χ1) is 14.2. The highest BCUT2D eigenvalue weighted by molar-refractivity contribution is 6.30. The van der Waals surface area contributed by atoms with Crippen molar-refractivity contribution in [2.24, 2.45) is 4.99 Å². The molecule has 8 nitrogen and oxygen atoms in total. The maximum absolute atomic E-state index is 5.93. The molecule has 2 saturated heterocycles. The SMILES string of the molecule is CN=C(NCCc1nc(-c2ccc(Cl)cc2)no1)N1CCC(N2CCOCC2)C1. The van der Waals surface area contributed by atoms with Crippen molar-refractivity contribution in [2.75, 3.05) is 53.0 Å². The van der Waals surface area contributed by atoms with Crippen molar-refractivity contribution in [3.63, 3.8) is 0 Å². The van der Waals surface area contributed by atoms with Gasteiger partial charge in [0.2, 0.25) is 11.7 Å². The van der Waals surface area contributed by atoms with Crippen molar-refractivity contribution in [1.29, 1.82) is 0 Å². The molecule has 1 atom stereocenters. The lowest BCUT2D eigenvalue weighted by atomic mass is 10.2. The summed E-state index contributed by atoms with van der Waals surface area (Å²) >= 11 is 5.93. The van der Waals surface area contributed by atoms with E-state index in [2.05, 4.69) is 30.2 Å². The number of halogens is 1. The molecule has 4 rings (SSSR count). The molecule has 156 valence electrons. The second-order valence-electron chi connectivity index (χ2n) is 7.28. The third-order valence-corrected chi connectivity index (χ3v) is 5.68. The minimum Gasteiger partial charge on any atom is -0.379 e. The summed E-state index contributed by atoms with van der Waals surface area (Å²) in [6.45, 7) is 6.43. The van der Waals surface area contributed by atoms with Gasteiger partial charge in [-0.05, 0) is 30.7 Å². The van der Waals surface area contributed by atoms with Gasteiger partial charge in [-0.1, -0.05) is 16.8 Å². The Morgan fingerprint density at radius 1 is 1.24 bits per heavy atom. The number of aromatic nitrogens is 2. The number of likely N-dealkylation sites (tertiary alicyclic amines) is 1. The third kappa shape index (κ3) is 5.07. The number of hydrogen-bond acceptors (Lipinski definition) is 6. The van der Waals surface area contributed by atoms with Gasteiger partial charge in [-0.3, -0.25) is 9.89 Å². The van der Waals surface area contributed by atoms with Gasteiger partial charge >= 0.3 is 0 Å². The molecule has 9 heteroatoms. The number of morpholine rings is 1. The number of rotatable bonds is 5. The molecule has 0 amide bonds. The van der Waals surface area contributed by atoms with E-state index in [-0.39, 0.29) is 0 Å². The van der Waals surface area contributed by atoms with E-state index in [0.717, 1.165) is 57.3 Å². The van der Waals surface area contributed by atoms with Crippen LogP contribution in [0.2, 0.25) is 5.02 Å². The Morgan fingerprint density at radius 3 is 2.79 bits per heavy atom. The largest absolute Gasteiger partial charge is 0.379 e. The van der Waals surface area contributed by atoms with Crippen LogP contribution in [-0.2, 0) is 11.2 Å². The Kier molecular flexibility index (Phi) is 6.63. The van der Waals surface area contributed by atoms with Crippen molar-refractivity contribution in [1.82, 2.24) is 25.3 Å². The molecule has 1 unspecified atom stereocenters. The normalized spacial score (nSPS) is 21.0. The first kappa shape index (κ1) is 20.1. The fourth-order valence-corrected chi connectivity index (χ4v) is 3.99. The summed E-state index contributed by atoms with van der Waals surface area (Å²) in [6, 6.07) is 7.98. The maximum Gasteiger partial charge on any atom is 0.228 e. The van der Waals surface area contributed by atoms with E-state index in [0.29, 0.717) is 35.7 Å². The first-order valence-corrected chi connectivity index (χ1v) is 10.5. The lowest BCUT2D eigenvalue weighted by Gasteiger charge is -2.32. The summed E-state index contributed by atoms with van der Waals surface area (Å²) in [5.74, 6) is 2.11. The molecule has 1 N–H and O–H groups in total. The molecule has 2 aliphatic heterocycles. The van der Waals surface area contributed by atoms with Gasteiger partial charge in [0.15, 0.2) is 5.96 Å². The number of hydrogen-bond donors (Lipinski definition) is 1. The van der Waals surface area contributed by atoms with E-state index in [9.17, 15) is 0 Å². The molecule has 1 aromatic carbocycles. The molecule has 2 aliphatic rings. The van der Waals surface area contributed by atoms with Crippen LogP contribution in [-0.4, -0.2) is 84.9 Å². The highest BCUT2D eigenvalue weighted by Crippen LogP contribution is 2.19. The topological polar surface area (TPSA) is 79.0 Å². The second-order valence-corrected chi connectivity index (χ2v) is 7.72. The van der Waals surface area contributed by atoms with E-state index < -0.39 is 0 Å². The highest BCUT2D eigenvalue weighted by Gasteiger charge is 2.30. The van der Waals surface area contributed by atoms with E-state index in [1.807, 2.05) is 31.3 Å². The predicted molar refractivity (Wildman–Crippen MR) is 112 cm³/mol. The molecule has 1 aromatic heterocycles. The van der Waals surface area contributed by atoms with Crippen LogP contribution in [0.5, 0.6) is 0 Å². The van der Waals surface area contributed by atoms with Crippen LogP contribution in [0.3, 0.4) is 0 Å². The lowest BCUT2D eigenvalue weighted by Crippen LogP contribution is -2.46. The number of guanidine groups is 1. The average molecular weight is 419 g/mol. The quantitative estimate of drug-likeness (QED) is 0.587. The summed E-state index contributed by atoms with van der Waals surface area (Å²) in [5, 5.41) is 8.17. The lowest BCUT2D eigenvalue weighted by molar-refractivity contribution is 0.0195. The van der Waals surface area contributed by atoms with Crippen molar-refractivity contribution in [2.45, 2.75) is 18.9 Å². The fourth-order valence-electron chi connectivity index (χ4n) is 3.86. The van der Waals surface area contributed by atoms with Crippen LogP contribution in [0, 0.1) is 0 Å². The smallest absolute Gasteiger partial charge is 0.228 e. The van der Waals surface area contributed by atoms with Crippen LogP contribution in [0.1, 0.15) is 12.3 Å². The van der Waals surface area contributed by atoms with Gasteiger partial charge in [-0.25, -0.2) is 0 Å². The second kappa shape index (κ2) is 9.56. The minimum atomic E-state index is 0.578. The van der Waals surface area contributed by atoms with Crippen molar-refractivity contribution < 1.29 is 9.26 Å².